The Morgan fingerprint density at radius 3 is 2.25 bits per heavy atom. The number of aldehydes is 1. The van der Waals surface area contributed by atoms with E-state index in [0.29, 0.717) is 12.0 Å². The summed E-state index contributed by atoms with van der Waals surface area (Å²) in [4.78, 5) is 10.0. The van der Waals surface area contributed by atoms with Gasteiger partial charge >= 0.3 is 0 Å². The van der Waals surface area contributed by atoms with E-state index in [9.17, 15) is 9.18 Å². The van der Waals surface area contributed by atoms with Gasteiger partial charge in [0.2, 0.25) is 0 Å². The zero-order chi connectivity index (χ0) is 11.8. The number of hydrogen-bond donors (Lipinski definition) is 0. The van der Waals surface area contributed by atoms with Gasteiger partial charge in [-0.1, -0.05) is 42.0 Å². The van der Waals surface area contributed by atoms with E-state index >= 15 is 0 Å². The van der Waals surface area contributed by atoms with Crippen LogP contribution in [0, 0.1) is 13.3 Å². The summed E-state index contributed by atoms with van der Waals surface area (Å²) in [5.41, 5.74) is 1.94. The Hall–Kier alpha value is -1.70. The van der Waals surface area contributed by atoms with Crippen LogP contribution in [0.3, 0.4) is 0 Å². The van der Waals surface area contributed by atoms with Gasteiger partial charge in [-0.05, 0) is 25.0 Å². The highest BCUT2D eigenvalue weighted by atomic mass is 19.1. The Morgan fingerprint density at radius 1 is 1.19 bits per heavy atom. The minimum absolute atomic E-state index is 0.263. The molecule has 0 spiro atoms. The Balaban J connectivity index is 0.000000165. The summed E-state index contributed by atoms with van der Waals surface area (Å²) in [6.07, 6.45) is 5.31. The smallest absolute Gasteiger partial charge is 0.146 e. The molecule has 1 aromatic rings. The van der Waals surface area contributed by atoms with Crippen molar-refractivity contribution < 1.29 is 9.18 Å². The molecule has 0 saturated carbocycles. The third kappa shape index (κ3) is 4.69. The lowest BCUT2D eigenvalue weighted by Crippen LogP contribution is -1.91. The SMILES string of the molecule is Cc1ccccc1.O=CC1=CC=C(F)[CH]C1. The predicted molar refractivity (Wildman–Crippen MR) is 63.4 cm³/mol. The van der Waals surface area contributed by atoms with Crippen LogP contribution in [0.1, 0.15) is 12.0 Å². The minimum Gasteiger partial charge on any atom is -0.298 e. The van der Waals surface area contributed by atoms with Gasteiger partial charge in [0, 0.05) is 6.42 Å². The second-order valence-electron chi connectivity index (χ2n) is 3.47. The molecule has 16 heavy (non-hydrogen) atoms. The highest BCUT2D eigenvalue weighted by molar-refractivity contribution is 5.75. The molecule has 1 nitrogen and oxygen atoms in total. The molecule has 1 aliphatic carbocycles. The molecule has 0 unspecified atom stereocenters. The zero-order valence-electron chi connectivity index (χ0n) is 9.19. The molecule has 2 heteroatoms. The van der Waals surface area contributed by atoms with Crippen molar-refractivity contribution in [3.8, 4) is 0 Å². The second kappa shape index (κ2) is 6.72. The van der Waals surface area contributed by atoms with Gasteiger partial charge in [-0.25, -0.2) is 4.39 Å². The third-order valence-corrected chi connectivity index (χ3v) is 2.08. The standard InChI is InChI=1S/C7H6FO.C7H8/c8-7-3-1-6(5-9)2-4-7;1-7-5-3-2-4-6-7/h1,3-5H,2H2;2-6H,1H3. The van der Waals surface area contributed by atoms with E-state index in [4.69, 9.17) is 0 Å². The molecule has 1 radical (unpaired) electrons. The van der Waals surface area contributed by atoms with E-state index < -0.39 is 0 Å². The minimum atomic E-state index is -0.263. The maximum atomic E-state index is 12.1. The number of benzene rings is 1. The Kier molecular flexibility index (Phi) is 5.20. The van der Waals surface area contributed by atoms with Gasteiger partial charge in [0.1, 0.15) is 12.1 Å². The molecule has 0 bridgehead atoms. The van der Waals surface area contributed by atoms with E-state index in [1.165, 1.54) is 24.1 Å². The summed E-state index contributed by atoms with van der Waals surface area (Å²) in [5.74, 6) is -0.263. The van der Waals surface area contributed by atoms with Crippen molar-refractivity contribution in [1.29, 1.82) is 0 Å². The fraction of sp³-hybridized carbons (Fsp3) is 0.143. The number of carbonyl (C=O) groups is 1. The molecular weight excluding hydrogens is 203 g/mol. The molecule has 0 heterocycles. The molecule has 0 aromatic heterocycles. The monoisotopic (exact) mass is 217 g/mol. The summed E-state index contributed by atoms with van der Waals surface area (Å²) in [5, 5.41) is 0. The predicted octanol–water partition coefficient (Wildman–Crippen LogP) is 3.57. The van der Waals surface area contributed by atoms with E-state index in [-0.39, 0.29) is 5.83 Å². The average molecular weight is 217 g/mol. The highest BCUT2D eigenvalue weighted by Crippen LogP contribution is 2.15. The van der Waals surface area contributed by atoms with Gasteiger partial charge in [-0.3, -0.25) is 4.79 Å². The Morgan fingerprint density at radius 2 is 1.88 bits per heavy atom. The van der Waals surface area contributed by atoms with Crippen molar-refractivity contribution >= 4 is 6.29 Å². The van der Waals surface area contributed by atoms with Crippen LogP contribution in [0.15, 0.2) is 53.9 Å². The Bertz CT molecular complexity index is 390. The highest BCUT2D eigenvalue weighted by Gasteiger charge is 2.03. The van der Waals surface area contributed by atoms with Crippen LogP contribution < -0.4 is 0 Å². The van der Waals surface area contributed by atoms with Gasteiger partial charge in [0.15, 0.2) is 0 Å². The second-order valence-corrected chi connectivity index (χ2v) is 3.47. The van der Waals surface area contributed by atoms with Gasteiger partial charge in [0.25, 0.3) is 0 Å². The molecule has 0 N–H and O–H groups in total. The maximum Gasteiger partial charge on any atom is 0.146 e. The van der Waals surface area contributed by atoms with Crippen LogP contribution >= 0.6 is 0 Å². The Labute approximate surface area is 95.3 Å². The first-order valence-corrected chi connectivity index (χ1v) is 5.09. The summed E-state index contributed by atoms with van der Waals surface area (Å²) in [6.45, 7) is 2.08. The van der Waals surface area contributed by atoms with E-state index in [0.717, 1.165) is 6.29 Å². The summed E-state index contributed by atoms with van der Waals surface area (Å²) in [6, 6.07) is 10.3. The normalized spacial score (nSPS) is 14.1. The fourth-order valence-electron chi connectivity index (χ4n) is 1.16. The first-order chi connectivity index (χ1) is 7.72. The summed E-state index contributed by atoms with van der Waals surface area (Å²) >= 11 is 0. The van der Waals surface area contributed by atoms with Crippen molar-refractivity contribution in [2.45, 2.75) is 13.3 Å². The molecule has 0 saturated heterocycles. The molecule has 0 fully saturated rings. The van der Waals surface area contributed by atoms with Crippen molar-refractivity contribution in [2.75, 3.05) is 0 Å². The molecule has 1 aliphatic rings. The lowest BCUT2D eigenvalue weighted by atomic mass is 10.1. The molecular formula is C14H14FO. The molecule has 0 atom stereocenters. The fourth-order valence-corrected chi connectivity index (χ4v) is 1.16. The molecule has 2 rings (SSSR count). The largest absolute Gasteiger partial charge is 0.298 e. The number of hydrogen-bond acceptors (Lipinski definition) is 1. The lowest BCUT2D eigenvalue weighted by Gasteiger charge is -2.01. The van der Waals surface area contributed by atoms with Gasteiger partial charge < -0.3 is 0 Å². The van der Waals surface area contributed by atoms with Gasteiger partial charge in [-0.2, -0.15) is 0 Å². The van der Waals surface area contributed by atoms with Crippen molar-refractivity contribution in [1.82, 2.24) is 0 Å². The van der Waals surface area contributed by atoms with Crippen LogP contribution in [0.4, 0.5) is 4.39 Å². The van der Waals surface area contributed by atoms with Crippen LogP contribution in [0.5, 0.6) is 0 Å². The number of halogens is 1. The topological polar surface area (TPSA) is 17.1 Å². The summed E-state index contributed by atoms with van der Waals surface area (Å²) < 4.78 is 12.1. The van der Waals surface area contributed by atoms with Crippen LogP contribution in [-0.2, 0) is 4.79 Å². The zero-order valence-corrected chi connectivity index (χ0v) is 9.19. The molecule has 1 aromatic carbocycles. The number of allylic oxidation sites excluding steroid dienone is 4. The molecule has 83 valence electrons. The first-order valence-electron chi connectivity index (χ1n) is 5.09. The van der Waals surface area contributed by atoms with E-state index in [2.05, 4.69) is 19.1 Å². The number of carbonyl (C=O) groups excluding carboxylic acids is 1. The van der Waals surface area contributed by atoms with Crippen LogP contribution in [-0.4, -0.2) is 6.29 Å². The van der Waals surface area contributed by atoms with Gasteiger partial charge in [0.05, 0.1) is 0 Å². The number of aryl methyl sites for hydroxylation is 1. The summed E-state index contributed by atoms with van der Waals surface area (Å²) in [7, 11) is 0. The third-order valence-electron chi connectivity index (χ3n) is 2.08. The van der Waals surface area contributed by atoms with E-state index in [1.54, 1.807) is 0 Å². The lowest BCUT2D eigenvalue weighted by molar-refractivity contribution is -0.105. The van der Waals surface area contributed by atoms with Gasteiger partial charge in [-0.15, -0.1) is 0 Å². The van der Waals surface area contributed by atoms with Crippen LogP contribution in [0.25, 0.3) is 0 Å². The van der Waals surface area contributed by atoms with Crippen LogP contribution in [0.2, 0.25) is 0 Å². The quantitative estimate of drug-likeness (QED) is 0.657. The average Bonchev–Trinajstić information content (AvgIpc) is 2.32. The maximum absolute atomic E-state index is 12.1. The molecule has 0 amide bonds. The van der Waals surface area contributed by atoms with Crippen molar-refractivity contribution in [2.24, 2.45) is 0 Å². The van der Waals surface area contributed by atoms with Crippen molar-refractivity contribution in [3.05, 3.63) is 65.9 Å². The van der Waals surface area contributed by atoms with E-state index in [1.807, 2.05) is 18.2 Å². The number of rotatable bonds is 1. The van der Waals surface area contributed by atoms with Crippen molar-refractivity contribution in [3.63, 3.8) is 0 Å². The first kappa shape index (κ1) is 12.4. The molecule has 0 aliphatic heterocycles.